The van der Waals surface area contributed by atoms with Crippen LogP contribution < -0.4 is 5.73 Å². The van der Waals surface area contributed by atoms with E-state index in [0.717, 1.165) is 32.5 Å². The minimum atomic E-state index is -0.0421. The Morgan fingerprint density at radius 2 is 1.79 bits per heavy atom. The molecule has 2 N–H and O–H groups in total. The van der Waals surface area contributed by atoms with Crippen molar-refractivity contribution in [3.05, 3.63) is 35.9 Å². The average Bonchev–Trinajstić information content (AvgIpc) is 2.19. The second-order valence-corrected chi connectivity index (χ2v) is 4.14. The molecule has 0 aromatic heterocycles. The summed E-state index contributed by atoms with van der Waals surface area (Å²) in [6, 6.07) is 10.5. The lowest BCUT2D eigenvalue weighted by atomic mass is 9.85. The molecule has 2 rings (SSSR count). The van der Waals surface area contributed by atoms with Gasteiger partial charge in [0, 0.05) is 18.8 Å². The smallest absolute Gasteiger partial charge is 0.0483 e. The lowest BCUT2D eigenvalue weighted by Crippen LogP contribution is -2.46. The molecule has 1 heterocycles. The molecule has 0 aliphatic carbocycles. The van der Waals surface area contributed by atoms with Crippen LogP contribution in [0.5, 0.6) is 0 Å². The van der Waals surface area contributed by atoms with Crippen LogP contribution in [-0.4, -0.2) is 18.8 Å². The van der Waals surface area contributed by atoms with Gasteiger partial charge < -0.3 is 10.5 Å². The van der Waals surface area contributed by atoms with E-state index in [9.17, 15) is 0 Å². The number of rotatable bonds is 2. The van der Waals surface area contributed by atoms with Crippen LogP contribution in [0.3, 0.4) is 0 Å². The van der Waals surface area contributed by atoms with Crippen molar-refractivity contribution in [1.82, 2.24) is 0 Å². The van der Waals surface area contributed by atoms with Crippen LogP contribution in [-0.2, 0) is 11.2 Å². The molecule has 0 saturated carbocycles. The standard InChI is InChI=1S/C12H17NO/c13-12(6-8-14-9-7-12)10-11-4-2-1-3-5-11/h1-5H,6-10,13H2. The fourth-order valence-electron chi connectivity index (χ4n) is 1.96. The number of hydrogen-bond acceptors (Lipinski definition) is 2. The number of benzene rings is 1. The summed E-state index contributed by atoms with van der Waals surface area (Å²) >= 11 is 0. The van der Waals surface area contributed by atoms with Crippen molar-refractivity contribution >= 4 is 0 Å². The zero-order valence-electron chi connectivity index (χ0n) is 8.41. The fraction of sp³-hybridized carbons (Fsp3) is 0.500. The first-order chi connectivity index (χ1) is 6.79. The molecule has 1 fully saturated rings. The Morgan fingerprint density at radius 1 is 1.14 bits per heavy atom. The Bertz CT molecular complexity index is 278. The fourth-order valence-corrected chi connectivity index (χ4v) is 1.96. The van der Waals surface area contributed by atoms with E-state index in [1.807, 2.05) is 6.07 Å². The molecule has 0 amide bonds. The van der Waals surface area contributed by atoms with E-state index >= 15 is 0 Å². The van der Waals surface area contributed by atoms with Crippen LogP contribution in [0.25, 0.3) is 0 Å². The van der Waals surface area contributed by atoms with Gasteiger partial charge in [0.25, 0.3) is 0 Å². The molecule has 1 aliphatic rings. The van der Waals surface area contributed by atoms with E-state index in [4.69, 9.17) is 10.5 Å². The van der Waals surface area contributed by atoms with Crippen molar-refractivity contribution in [2.75, 3.05) is 13.2 Å². The Labute approximate surface area is 85.1 Å². The molecule has 0 radical (unpaired) electrons. The van der Waals surface area contributed by atoms with Crippen LogP contribution in [0.1, 0.15) is 18.4 Å². The van der Waals surface area contributed by atoms with Crippen LogP contribution in [0.4, 0.5) is 0 Å². The van der Waals surface area contributed by atoms with Gasteiger partial charge in [-0.05, 0) is 24.8 Å². The van der Waals surface area contributed by atoms with Crippen molar-refractivity contribution in [3.8, 4) is 0 Å². The Hall–Kier alpha value is -0.860. The third-order valence-electron chi connectivity index (χ3n) is 2.89. The SMILES string of the molecule is NC1(Cc2ccccc2)CCOCC1. The van der Waals surface area contributed by atoms with Gasteiger partial charge in [-0.15, -0.1) is 0 Å². The van der Waals surface area contributed by atoms with Gasteiger partial charge in [0.1, 0.15) is 0 Å². The number of hydrogen-bond donors (Lipinski definition) is 1. The summed E-state index contributed by atoms with van der Waals surface area (Å²) < 4.78 is 5.32. The maximum absolute atomic E-state index is 6.31. The molecule has 0 atom stereocenters. The molecular weight excluding hydrogens is 174 g/mol. The number of nitrogens with two attached hydrogens (primary N) is 1. The minimum absolute atomic E-state index is 0.0421. The molecule has 0 spiro atoms. The lowest BCUT2D eigenvalue weighted by Gasteiger charge is -2.33. The highest BCUT2D eigenvalue weighted by Gasteiger charge is 2.27. The van der Waals surface area contributed by atoms with Gasteiger partial charge in [0.05, 0.1) is 0 Å². The molecule has 1 aromatic carbocycles. The largest absolute Gasteiger partial charge is 0.381 e. The monoisotopic (exact) mass is 191 g/mol. The highest BCUT2D eigenvalue weighted by Crippen LogP contribution is 2.22. The summed E-state index contributed by atoms with van der Waals surface area (Å²) in [5.74, 6) is 0. The summed E-state index contributed by atoms with van der Waals surface area (Å²) in [6.45, 7) is 1.62. The highest BCUT2D eigenvalue weighted by atomic mass is 16.5. The van der Waals surface area contributed by atoms with E-state index in [2.05, 4.69) is 24.3 Å². The van der Waals surface area contributed by atoms with Gasteiger partial charge in [0.2, 0.25) is 0 Å². The van der Waals surface area contributed by atoms with Crippen molar-refractivity contribution in [2.24, 2.45) is 5.73 Å². The van der Waals surface area contributed by atoms with Crippen LogP contribution in [0.2, 0.25) is 0 Å². The van der Waals surface area contributed by atoms with Gasteiger partial charge >= 0.3 is 0 Å². The predicted octanol–water partition coefficient (Wildman–Crippen LogP) is 1.74. The summed E-state index contributed by atoms with van der Waals surface area (Å²) in [5, 5.41) is 0. The topological polar surface area (TPSA) is 35.2 Å². The van der Waals surface area contributed by atoms with Crippen molar-refractivity contribution < 1.29 is 4.74 Å². The van der Waals surface area contributed by atoms with Crippen molar-refractivity contribution in [3.63, 3.8) is 0 Å². The summed E-state index contributed by atoms with van der Waals surface area (Å²) in [4.78, 5) is 0. The molecular formula is C12H17NO. The molecule has 0 unspecified atom stereocenters. The Kier molecular flexibility index (Phi) is 2.85. The second-order valence-electron chi connectivity index (χ2n) is 4.14. The normalized spacial score (nSPS) is 20.6. The Balaban J connectivity index is 2.02. The molecule has 76 valence electrons. The molecule has 2 heteroatoms. The summed E-state index contributed by atoms with van der Waals surface area (Å²) in [6.07, 6.45) is 2.92. The van der Waals surface area contributed by atoms with Gasteiger partial charge in [-0.2, -0.15) is 0 Å². The first kappa shape index (κ1) is 9.69. The van der Waals surface area contributed by atoms with Gasteiger partial charge in [-0.25, -0.2) is 0 Å². The first-order valence-electron chi connectivity index (χ1n) is 5.19. The molecule has 2 nitrogen and oxygen atoms in total. The molecule has 1 saturated heterocycles. The average molecular weight is 191 g/mol. The van der Waals surface area contributed by atoms with E-state index in [0.29, 0.717) is 0 Å². The van der Waals surface area contributed by atoms with Crippen molar-refractivity contribution in [2.45, 2.75) is 24.8 Å². The molecule has 1 aliphatic heterocycles. The predicted molar refractivity (Wildman–Crippen MR) is 57.1 cm³/mol. The molecule has 1 aromatic rings. The first-order valence-corrected chi connectivity index (χ1v) is 5.19. The van der Waals surface area contributed by atoms with Crippen LogP contribution in [0, 0.1) is 0 Å². The maximum atomic E-state index is 6.31. The van der Waals surface area contributed by atoms with E-state index in [1.165, 1.54) is 5.56 Å². The van der Waals surface area contributed by atoms with E-state index in [1.54, 1.807) is 0 Å². The third kappa shape index (κ3) is 2.34. The highest BCUT2D eigenvalue weighted by molar-refractivity contribution is 5.17. The lowest BCUT2D eigenvalue weighted by molar-refractivity contribution is 0.0533. The summed E-state index contributed by atoms with van der Waals surface area (Å²) in [5.41, 5.74) is 7.60. The summed E-state index contributed by atoms with van der Waals surface area (Å²) in [7, 11) is 0. The van der Waals surface area contributed by atoms with Crippen LogP contribution in [0.15, 0.2) is 30.3 Å². The van der Waals surface area contributed by atoms with Gasteiger partial charge in [-0.3, -0.25) is 0 Å². The third-order valence-corrected chi connectivity index (χ3v) is 2.89. The Morgan fingerprint density at radius 3 is 2.43 bits per heavy atom. The van der Waals surface area contributed by atoms with Gasteiger partial charge in [0.15, 0.2) is 0 Å². The maximum Gasteiger partial charge on any atom is 0.0483 e. The molecule has 14 heavy (non-hydrogen) atoms. The zero-order chi connectivity index (χ0) is 9.86. The van der Waals surface area contributed by atoms with E-state index in [-0.39, 0.29) is 5.54 Å². The second kappa shape index (κ2) is 4.11. The number of ether oxygens (including phenoxy) is 1. The minimum Gasteiger partial charge on any atom is -0.381 e. The zero-order valence-corrected chi connectivity index (χ0v) is 8.41. The molecule has 0 bridgehead atoms. The van der Waals surface area contributed by atoms with Crippen LogP contribution >= 0.6 is 0 Å². The van der Waals surface area contributed by atoms with Gasteiger partial charge in [-0.1, -0.05) is 30.3 Å². The van der Waals surface area contributed by atoms with E-state index < -0.39 is 0 Å². The quantitative estimate of drug-likeness (QED) is 0.772. The van der Waals surface area contributed by atoms with Crippen molar-refractivity contribution in [1.29, 1.82) is 0 Å².